The van der Waals surface area contributed by atoms with Crippen molar-refractivity contribution in [3.8, 4) is 5.75 Å². The number of ether oxygens (including phenoxy) is 1. The normalized spacial score (nSPS) is 10.0. The van der Waals surface area contributed by atoms with E-state index >= 15 is 0 Å². The molecule has 2 aromatic carbocycles. The van der Waals surface area contributed by atoms with E-state index in [4.69, 9.17) is 4.74 Å². The van der Waals surface area contributed by atoms with Gasteiger partial charge in [-0.15, -0.1) is 0 Å². The summed E-state index contributed by atoms with van der Waals surface area (Å²) in [6.45, 7) is 1.17. The minimum absolute atomic E-state index is 0.0612. The van der Waals surface area contributed by atoms with Crippen LogP contribution in [0.1, 0.15) is 16.8 Å². The van der Waals surface area contributed by atoms with Crippen molar-refractivity contribution in [3.63, 3.8) is 0 Å². The predicted octanol–water partition coefficient (Wildman–Crippen LogP) is 2.84. The van der Waals surface area contributed by atoms with Crippen molar-refractivity contribution in [2.75, 3.05) is 25.5 Å². The van der Waals surface area contributed by atoms with Crippen LogP contribution in [0.15, 0.2) is 48.5 Å². The number of non-ortho nitro benzene ring substituents is 1. The van der Waals surface area contributed by atoms with Gasteiger partial charge < -0.3 is 15.4 Å². The number of carbonyl (C=O) groups excluding carboxylic acids is 1. The SMILES string of the molecule is COc1cccc(C(=O)NCCCNc2ccc([N+](=O)[O-])cc2)c1. The van der Waals surface area contributed by atoms with E-state index in [-0.39, 0.29) is 11.6 Å². The second kappa shape index (κ2) is 8.52. The maximum absolute atomic E-state index is 12.0. The molecule has 0 bridgehead atoms. The van der Waals surface area contributed by atoms with Gasteiger partial charge in [0.1, 0.15) is 5.75 Å². The van der Waals surface area contributed by atoms with Crippen molar-refractivity contribution in [2.45, 2.75) is 6.42 Å². The maximum Gasteiger partial charge on any atom is 0.269 e. The number of hydrogen-bond donors (Lipinski definition) is 2. The molecule has 0 aromatic heterocycles. The van der Waals surface area contributed by atoms with Crippen LogP contribution in [-0.2, 0) is 0 Å². The van der Waals surface area contributed by atoms with Gasteiger partial charge in [-0.05, 0) is 36.8 Å². The Balaban J connectivity index is 1.70. The lowest BCUT2D eigenvalue weighted by molar-refractivity contribution is -0.384. The van der Waals surface area contributed by atoms with E-state index in [1.165, 1.54) is 12.1 Å². The van der Waals surface area contributed by atoms with Crippen LogP contribution in [0.4, 0.5) is 11.4 Å². The molecule has 0 saturated heterocycles. The predicted molar refractivity (Wildman–Crippen MR) is 91.5 cm³/mol. The molecule has 0 atom stereocenters. The van der Waals surface area contributed by atoms with Crippen molar-refractivity contribution in [1.29, 1.82) is 0 Å². The van der Waals surface area contributed by atoms with Crippen molar-refractivity contribution in [3.05, 3.63) is 64.2 Å². The molecule has 0 aliphatic carbocycles. The lowest BCUT2D eigenvalue weighted by atomic mass is 10.2. The highest BCUT2D eigenvalue weighted by atomic mass is 16.6. The van der Waals surface area contributed by atoms with Crippen molar-refractivity contribution < 1.29 is 14.5 Å². The molecule has 0 spiro atoms. The average Bonchev–Trinajstić information content (AvgIpc) is 2.61. The topological polar surface area (TPSA) is 93.5 Å². The number of anilines is 1. The van der Waals surface area contributed by atoms with Gasteiger partial charge in [0, 0.05) is 36.5 Å². The van der Waals surface area contributed by atoms with E-state index in [9.17, 15) is 14.9 Å². The first kappa shape index (κ1) is 17.3. The molecule has 126 valence electrons. The van der Waals surface area contributed by atoms with Gasteiger partial charge in [0.15, 0.2) is 0 Å². The molecule has 2 N–H and O–H groups in total. The Bertz CT molecular complexity index is 701. The van der Waals surface area contributed by atoms with Crippen LogP contribution < -0.4 is 15.4 Å². The molecule has 7 heteroatoms. The highest BCUT2D eigenvalue weighted by Gasteiger charge is 2.06. The lowest BCUT2D eigenvalue weighted by Crippen LogP contribution is -2.25. The minimum Gasteiger partial charge on any atom is -0.497 e. The fourth-order valence-corrected chi connectivity index (χ4v) is 2.09. The standard InChI is InChI=1S/C17H19N3O4/c1-24-16-5-2-4-13(12-16)17(21)19-11-3-10-18-14-6-8-15(9-7-14)20(22)23/h2,4-9,12,18H,3,10-11H2,1H3,(H,19,21). The molecule has 0 saturated carbocycles. The summed E-state index contributed by atoms with van der Waals surface area (Å²) in [5.74, 6) is 0.492. The molecule has 0 unspecified atom stereocenters. The van der Waals surface area contributed by atoms with Gasteiger partial charge in [0.05, 0.1) is 12.0 Å². The third kappa shape index (κ3) is 4.98. The average molecular weight is 329 g/mol. The number of nitrogens with one attached hydrogen (secondary N) is 2. The smallest absolute Gasteiger partial charge is 0.269 e. The zero-order valence-electron chi connectivity index (χ0n) is 13.3. The summed E-state index contributed by atoms with van der Waals surface area (Å²) in [6.07, 6.45) is 0.729. The highest BCUT2D eigenvalue weighted by Crippen LogP contribution is 2.15. The molecule has 1 amide bonds. The number of amides is 1. The number of hydrogen-bond acceptors (Lipinski definition) is 5. The molecule has 0 heterocycles. The molecular weight excluding hydrogens is 310 g/mol. The van der Waals surface area contributed by atoms with E-state index in [2.05, 4.69) is 10.6 Å². The van der Waals surface area contributed by atoms with Crippen LogP contribution in [0.2, 0.25) is 0 Å². The molecule has 0 radical (unpaired) electrons. The fourth-order valence-electron chi connectivity index (χ4n) is 2.09. The van der Waals surface area contributed by atoms with Gasteiger partial charge in [-0.25, -0.2) is 0 Å². The summed E-state index contributed by atoms with van der Waals surface area (Å²) in [4.78, 5) is 22.1. The Hall–Kier alpha value is -3.09. The van der Waals surface area contributed by atoms with Gasteiger partial charge in [-0.3, -0.25) is 14.9 Å². The van der Waals surface area contributed by atoms with Crippen LogP contribution in [0, 0.1) is 10.1 Å². The number of nitro groups is 1. The van der Waals surface area contributed by atoms with E-state index in [0.29, 0.717) is 24.4 Å². The number of methoxy groups -OCH3 is 1. The van der Waals surface area contributed by atoms with E-state index in [1.807, 2.05) is 0 Å². The van der Waals surface area contributed by atoms with Crippen LogP contribution in [-0.4, -0.2) is 31.0 Å². The second-order valence-electron chi connectivity index (χ2n) is 5.07. The molecule has 24 heavy (non-hydrogen) atoms. The number of nitro benzene ring substituents is 1. The second-order valence-corrected chi connectivity index (χ2v) is 5.07. The highest BCUT2D eigenvalue weighted by molar-refractivity contribution is 5.94. The monoisotopic (exact) mass is 329 g/mol. The third-order valence-electron chi connectivity index (χ3n) is 3.38. The number of nitrogens with zero attached hydrogens (tertiary/aromatic N) is 1. The van der Waals surface area contributed by atoms with Crippen molar-refractivity contribution >= 4 is 17.3 Å². The summed E-state index contributed by atoms with van der Waals surface area (Å²) < 4.78 is 5.09. The minimum atomic E-state index is -0.433. The van der Waals surface area contributed by atoms with Gasteiger partial charge >= 0.3 is 0 Å². The first-order valence-electron chi connectivity index (χ1n) is 7.51. The Morgan fingerprint density at radius 3 is 2.58 bits per heavy atom. The van der Waals surface area contributed by atoms with Crippen LogP contribution in [0.5, 0.6) is 5.75 Å². The van der Waals surface area contributed by atoms with E-state index in [0.717, 1.165) is 12.1 Å². The summed E-state index contributed by atoms with van der Waals surface area (Å²) in [6, 6.07) is 13.2. The summed E-state index contributed by atoms with van der Waals surface area (Å²) in [5, 5.41) is 16.6. The summed E-state index contributed by atoms with van der Waals surface area (Å²) in [7, 11) is 1.56. The Labute approximate surface area is 139 Å². The number of carbonyl (C=O) groups is 1. The van der Waals surface area contributed by atoms with Gasteiger partial charge in [0.2, 0.25) is 0 Å². The molecule has 2 rings (SSSR count). The van der Waals surface area contributed by atoms with Crippen LogP contribution in [0.25, 0.3) is 0 Å². The first-order chi connectivity index (χ1) is 11.6. The molecule has 2 aromatic rings. The maximum atomic E-state index is 12.0. The zero-order chi connectivity index (χ0) is 17.4. The first-order valence-corrected chi connectivity index (χ1v) is 7.51. The Morgan fingerprint density at radius 1 is 1.17 bits per heavy atom. The van der Waals surface area contributed by atoms with E-state index in [1.54, 1.807) is 43.5 Å². The molecule has 0 fully saturated rings. The largest absolute Gasteiger partial charge is 0.497 e. The summed E-state index contributed by atoms with van der Waals surface area (Å²) >= 11 is 0. The fraction of sp³-hybridized carbons (Fsp3) is 0.235. The lowest BCUT2D eigenvalue weighted by Gasteiger charge is -2.08. The van der Waals surface area contributed by atoms with Gasteiger partial charge in [-0.2, -0.15) is 0 Å². The quantitative estimate of drug-likeness (QED) is 0.441. The Kier molecular flexibility index (Phi) is 6.13. The number of rotatable bonds is 8. The molecule has 0 aliphatic rings. The molecular formula is C17H19N3O4. The van der Waals surface area contributed by atoms with Crippen LogP contribution in [0.3, 0.4) is 0 Å². The van der Waals surface area contributed by atoms with Crippen molar-refractivity contribution in [1.82, 2.24) is 5.32 Å². The van der Waals surface area contributed by atoms with Crippen LogP contribution >= 0.6 is 0 Å². The molecule has 7 nitrogen and oxygen atoms in total. The number of benzene rings is 2. The van der Waals surface area contributed by atoms with Gasteiger partial charge in [0.25, 0.3) is 11.6 Å². The Morgan fingerprint density at radius 2 is 1.92 bits per heavy atom. The zero-order valence-corrected chi connectivity index (χ0v) is 13.3. The van der Waals surface area contributed by atoms with Crippen molar-refractivity contribution in [2.24, 2.45) is 0 Å². The third-order valence-corrected chi connectivity index (χ3v) is 3.38. The molecule has 0 aliphatic heterocycles. The van der Waals surface area contributed by atoms with E-state index < -0.39 is 4.92 Å². The van der Waals surface area contributed by atoms with Gasteiger partial charge in [-0.1, -0.05) is 6.07 Å². The summed E-state index contributed by atoms with van der Waals surface area (Å²) in [5.41, 5.74) is 1.42.